The predicted molar refractivity (Wildman–Crippen MR) is 116 cm³/mol. The summed E-state index contributed by atoms with van der Waals surface area (Å²) in [7, 11) is 0. The highest BCUT2D eigenvalue weighted by Crippen LogP contribution is 2.36. The Morgan fingerprint density at radius 1 is 1.27 bits per heavy atom. The van der Waals surface area contributed by atoms with E-state index in [-0.39, 0.29) is 24.8 Å². The minimum Gasteiger partial charge on any atom is -0.474 e. The molecular weight excluding hydrogens is 378 g/mol. The van der Waals surface area contributed by atoms with Gasteiger partial charge in [0.1, 0.15) is 6.10 Å². The normalized spacial score (nSPS) is 25.8. The van der Waals surface area contributed by atoms with E-state index in [0.29, 0.717) is 6.61 Å². The molecule has 1 unspecified atom stereocenters. The Balaban J connectivity index is 1.41. The maximum absolute atomic E-state index is 11.9. The maximum atomic E-state index is 11.9. The second-order valence-electron chi connectivity index (χ2n) is 8.01. The molecule has 2 aliphatic heterocycles. The summed E-state index contributed by atoms with van der Waals surface area (Å²) in [6, 6.07) is 0. The van der Waals surface area contributed by atoms with Gasteiger partial charge in [-0.05, 0) is 62.4 Å². The molecule has 160 valence electrons. The summed E-state index contributed by atoms with van der Waals surface area (Å²) in [5.41, 5.74) is 4.90. The van der Waals surface area contributed by atoms with E-state index in [1.165, 1.54) is 16.7 Å². The molecule has 0 bridgehead atoms. The van der Waals surface area contributed by atoms with Crippen LogP contribution in [0.1, 0.15) is 32.6 Å². The van der Waals surface area contributed by atoms with Crippen molar-refractivity contribution in [3.63, 3.8) is 0 Å². The van der Waals surface area contributed by atoms with Gasteiger partial charge in [0, 0.05) is 12.1 Å². The van der Waals surface area contributed by atoms with Crippen LogP contribution in [0.5, 0.6) is 0 Å². The Hall–Kier alpha value is -2.37. The molecule has 0 radical (unpaired) electrons. The van der Waals surface area contributed by atoms with Crippen LogP contribution in [0.15, 0.2) is 71.1 Å². The van der Waals surface area contributed by atoms with E-state index in [9.17, 15) is 4.79 Å². The first-order chi connectivity index (χ1) is 14.8. The highest BCUT2D eigenvalue weighted by Gasteiger charge is 2.26. The van der Waals surface area contributed by atoms with E-state index in [4.69, 9.17) is 14.2 Å². The van der Waals surface area contributed by atoms with Gasteiger partial charge >= 0.3 is 5.97 Å². The summed E-state index contributed by atoms with van der Waals surface area (Å²) in [6.07, 6.45) is 20.5. The Bertz CT molecular complexity index is 822. The second-order valence-corrected chi connectivity index (χ2v) is 8.01. The number of carbonyl (C=O) groups excluding carboxylic acids is 1. The van der Waals surface area contributed by atoms with Crippen LogP contribution in [0.2, 0.25) is 0 Å². The van der Waals surface area contributed by atoms with Gasteiger partial charge in [-0.3, -0.25) is 4.79 Å². The molecule has 4 aliphatic rings. The van der Waals surface area contributed by atoms with Gasteiger partial charge in [0.05, 0.1) is 18.8 Å². The molecule has 1 atom stereocenters. The minimum atomic E-state index is -0.0643. The van der Waals surface area contributed by atoms with Crippen LogP contribution < -0.4 is 0 Å². The number of allylic oxidation sites excluding steroid dienone is 7. The molecule has 1 saturated heterocycles. The Kier molecular flexibility index (Phi) is 7.03. The van der Waals surface area contributed by atoms with Crippen molar-refractivity contribution in [2.45, 2.75) is 38.7 Å². The van der Waals surface area contributed by atoms with E-state index in [2.05, 4.69) is 41.4 Å². The number of carbonyl (C=O) groups is 1. The van der Waals surface area contributed by atoms with Crippen LogP contribution in [0.25, 0.3) is 0 Å². The average molecular weight is 410 g/mol. The van der Waals surface area contributed by atoms with Crippen molar-refractivity contribution in [2.24, 2.45) is 5.92 Å². The van der Waals surface area contributed by atoms with Gasteiger partial charge in [-0.2, -0.15) is 0 Å². The molecule has 0 saturated carbocycles. The molecule has 2 aliphatic carbocycles. The van der Waals surface area contributed by atoms with Gasteiger partial charge in [0.25, 0.3) is 0 Å². The largest absolute Gasteiger partial charge is 0.474 e. The number of likely N-dealkylation sites (tertiary alicyclic amines) is 1. The van der Waals surface area contributed by atoms with Gasteiger partial charge in [-0.15, -0.1) is 0 Å². The predicted octanol–water partition coefficient (Wildman–Crippen LogP) is 4.22. The maximum Gasteiger partial charge on any atom is 0.309 e. The van der Waals surface area contributed by atoms with Crippen molar-refractivity contribution in [3.05, 3.63) is 71.1 Å². The lowest BCUT2D eigenvalue weighted by Crippen LogP contribution is -2.37. The number of piperidine rings is 1. The van der Waals surface area contributed by atoms with E-state index in [1.807, 2.05) is 19.3 Å². The van der Waals surface area contributed by atoms with Crippen LogP contribution in [-0.4, -0.2) is 50.0 Å². The monoisotopic (exact) mass is 409 g/mol. The highest BCUT2D eigenvalue weighted by atomic mass is 16.7. The second kappa shape index (κ2) is 10.1. The van der Waals surface area contributed by atoms with Crippen molar-refractivity contribution in [1.82, 2.24) is 4.90 Å². The quantitative estimate of drug-likeness (QED) is 0.637. The molecule has 0 aromatic heterocycles. The minimum absolute atomic E-state index is 0.0288. The summed E-state index contributed by atoms with van der Waals surface area (Å²) in [5.74, 6) is 0.0413. The van der Waals surface area contributed by atoms with Gasteiger partial charge in [-0.1, -0.05) is 42.5 Å². The lowest BCUT2D eigenvalue weighted by atomic mass is 9.83. The average Bonchev–Trinajstić information content (AvgIpc) is 2.76. The van der Waals surface area contributed by atoms with E-state index in [1.54, 1.807) is 0 Å². The SMILES string of the molecule is CCOC(=O)C1CCN(CCC=C2CC=CC3=COCOC4C=CC=CC4=C32)CC1. The first kappa shape index (κ1) is 20.9. The fourth-order valence-electron chi connectivity index (χ4n) is 4.52. The van der Waals surface area contributed by atoms with E-state index < -0.39 is 0 Å². The zero-order valence-electron chi connectivity index (χ0n) is 17.7. The van der Waals surface area contributed by atoms with Crippen LogP contribution in [0, 0.1) is 5.92 Å². The third kappa shape index (κ3) is 4.85. The molecular formula is C25H31NO4. The fraction of sp³-hybridized carbons (Fsp3) is 0.480. The first-order valence-electron chi connectivity index (χ1n) is 11.0. The number of hydrogen-bond acceptors (Lipinski definition) is 5. The van der Waals surface area contributed by atoms with Crippen LogP contribution in [0.3, 0.4) is 0 Å². The summed E-state index contributed by atoms with van der Waals surface area (Å²) >= 11 is 0. The topological polar surface area (TPSA) is 48.0 Å². The molecule has 2 heterocycles. The molecule has 0 aromatic rings. The van der Waals surface area contributed by atoms with Crippen LogP contribution in [0.4, 0.5) is 0 Å². The summed E-state index contributed by atoms with van der Waals surface area (Å²) in [4.78, 5) is 14.4. The number of hydrogen-bond donors (Lipinski definition) is 0. The number of esters is 1. The molecule has 0 aromatic carbocycles. The Morgan fingerprint density at radius 2 is 2.13 bits per heavy atom. The molecule has 0 amide bonds. The van der Waals surface area contributed by atoms with Crippen molar-refractivity contribution in [3.8, 4) is 0 Å². The molecule has 1 fully saturated rings. The van der Waals surface area contributed by atoms with Gasteiger partial charge in [-0.25, -0.2) is 0 Å². The van der Waals surface area contributed by atoms with E-state index in [0.717, 1.165) is 50.9 Å². The summed E-state index contributed by atoms with van der Waals surface area (Å²) in [5, 5.41) is 0. The van der Waals surface area contributed by atoms with Crippen molar-refractivity contribution >= 4 is 5.97 Å². The third-order valence-corrected chi connectivity index (χ3v) is 6.08. The van der Waals surface area contributed by atoms with Gasteiger partial charge < -0.3 is 19.1 Å². The van der Waals surface area contributed by atoms with E-state index >= 15 is 0 Å². The Morgan fingerprint density at radius 3 is 2.97 bits per heavy atom. The third-order valence-electron chi connectivity index (χ3n) is 6.08. The molecule has 4 rings (SSSR count). The zero-order chi connectivity index (χ0) is 20.8. The number of rotatable bonds is 5. The Labute approximate surface area is 179 Å². The molecule has 5 nitrogen and oxygen atoms in total. The molecule has 0 spiro atoms. The van der Waals surface area contributed by atoms with Gasteiger partial charge in [0.15, 0.2) is 6.79 Å². The van der Waals surface area contributed by atoms with Gasteiger partial charge in [0.2, 0.25) is 0 Å². The standard InChI is InChI=1S/C25H31NO4/c1-2-29-25(27)20-12-15-26(16-13-20)14-6-9-19-7-5-8-21-17-28-18-30-23-11-4-3-10-22(23)24(19)21/h3-5,8-11,17,20,23H,2,6-7,12-16,18H2,1H3. The zero-order valence-corrected chi connectivity index (χ0v) is 17.7. The lowest BCUT2D eigenvalue weighted by molar-refractivity contribution is -0.149. The molecule has 30 heavy (non-hydrogen) atoms. The van der Waals surface area contributed by atoms with Crippen molar-refractivity contribution in [2.75, 3.05) is 33.0 Å². The first-order valence-corrected chi connectivity index (χ1v) is 11.0. The summed E-state index contributed by atoms with van der Waals surface area (Å²) < 4.78 is 16.6. The lowest BCUT2D eigenvalue weighted by Gasteiger charge is -2.31. The number of fused-ring (bicyclic) bond motifs is 2. The fourth-order valence-corrected chi connectivity index (χ4v) is 4.52. The molecule has 0 N–H and O–H groups in total. The van der Waals surface area contributed by atoms with Crippen molar-refractivity contribution in [1.29, 1.82) is 0 Å². The van der Waals surface area contributed by atoms with Crippen LogP contribution >= 0.6 is 0 Å². The number of nitrogens with zero attached hydrogens (tertiary/aromatic N) is 1. The van der Waals surface area contributed by atoms with Crippen LogP contribution in [-0.2, 0) is 19.0 Å². The summed E-state index contributed by atoms with van der Waals surface area (Å²) in [6.45, 7) is 5.53. The highest BCUT2D eigenvalue weighted by molar-refractivity contribution is 5.72. The van der Waals surface area contributed by atoms with Crippen molar-refractivity contribution < 1.29 is 19.0 Å². The smallest absolute Gasteiger partial charge is 0.309 e. The molecule has 5 heteroatoms. The number of ether oxygens (including phenoxy) is 3.